The van der Waals surface area contributed by atoms with Crippen LogP contribution in [0.15, 0.2) is 59.6 Å². The van der Waals surface area contributed by atoms with Crippen LogP contribution in [0.1, 0.15) is 11.1 Å². The first-order valence-electron chi connectivity index (χ1n) is 6.51. The van der Waals surface area contributed by atoms with E-state index in [0.717, 1.165) is 22.5 Å². The molecular formula is C17H18BrNO. The Balaban J connectivity index is 1.93. The highest BCUT2D eigenvalue weighted by molar-refractivity contribution is 9.10. The first kappa shape index (κ1) is 14.7. The van der Waals surface area contributed by atoms with Gasteiger partial charge in [-0.2, -0.15) is 0 Å². The number of aryl methyl sites for hydroxylation is 1. The minimum atomic E-state index is 0.537. The van der Waals surface area contributed by atoms with Gasteiger partial charge in [0.05, 0.1) is 0 Å². The maximum absolute atomic E-state index is 5.46. The normalized spacial score (nSPS) is 10.1. The molecule has 0 aromatic heterocycles. The highest BCUT2D eigenvalue weighted by Gasteiger charge is 1.98. The maximum atomic E-state index is 5.46. The molecule has 2 aromatic rings. The largest absolute Gasteiger partial charge is 0.490 e. The van der Waals surface area contributed by atoms with Crippen LogP contribution < -0.4 is 10.1 Å². The van der Waals surface area contributed by atoms with Gasteiger partial charge in [-0.15, -0.1) is 0 Å². The molecule has 0 saturated heterocycles. The van der Waals surface area contributed by atoms with Gasteiger partial charge >= 0.3 is 0 Å². The fraction of sp³-hybridized carbons (Fsp3) is 0.176. The topological polar surface area (TPSA) is 21.3 Å². The Morgan fingerprint density at radius 3 is 2.60 bits per heavy atom. The number of hydrogen-bond acceptors (Lipinski definition) is 2. The fourth-order valence-corrected chi connectivity index (χ4v) is 2.06. The van der Waals surface area contributed by atoms with E-state index in [-0.39, 0.29) is 0 Å². The van der Waals surface area contributed by atoms with Crippen molar-refractivity contribution in [3.8, 4) is 5.75 Å². The number of nitrogens with one attached hydrogen (secondary N) is 1. The van der Waals surface area contributed by atoms with Crippen molar-refractivity contribution in [2.75, 3.05) is 11.9 Å². The molecule has 0 spiro atoms. The third kappa shape index (κ3) is 4.14. The van der Waals surface area contributed by atoms with Gasteiger partial charge in [-0.25, -0.2) is 0 Å². The molecular weight excluding hydrogens is 314 g/mol. The molecule has 20 heavy (non-hydrogen) atoms. The van der Waals surface area contributed by atoms with Crippen LogP contribution in [0.4, 0.5) is 5.69 Å². The Bertz CT molecular complexity index is 578. The van der Waals surface area contributed by atoms with Crippen molar-refractivity contribution >= 4 is 21.6 Å². The molecule has 0 radical (unpaired) electrons. The number of halogens is 1. The Morgan fingerprint density at radius 1 is 1.20 bits per heavy atom. The van der Waals surface area contributed by atoms with E-state index >= 15 is 0 Å². The molecule has 3 heteroatoms. The summed E-state index contributed by atoms with van der Waals surface area (Å²) in [7, 11) is 0. The van der Waals surface area contributed by atoms with Crippen molar-refractivity contribution in [3.63, 3.8) is 0 Å². The Morgan fingerprint density at radius 2 is 1.95 bits per heavy atom. The van der Waals surface area contributed by atoms with Gasteiger partial charge in [0, 0.05) is 16.7 Å². The first-order chi connectivity index (χ1) is 9.69. The van der Waals surface area contributed by atoms with Gasteiger partial charge in [0.25, 0.3) is 0 Å². The van der Waals surface area contributed by atoms with E-state index in [1.54, 1.807) is 6.08 Å². The molecule has 0 aliphatic carbocycles. The summed E-state index contributed by atoms with van der Waals surface area (Å²) in [4.78, 5) is 0. The summed E-state index contributed by atoms with van der Waals surface area (Å²) in [6, 6.07) is 14.4. The molecule has 0 atom stereocenters. The summed E-state index contributed by atoms with van der Waals surface area (Å²) < 4.78 is 6.59. The molecule has 2 rings (SSSR count). The summed E-state index contributed by atoms with van der Waals surface area (Å²) in [6.45, 7) is 7.05. The van der Waals surface area contributed by atoms with Crippen molar-refractivity contribution in [3.05, 3.63) is 70.7 Å². The van der Waals surface area contributed by atoms with Gasteiger partial charge in [-0.3, -0.25) is 0 Å². The van der Waals surface area contributed by atoms with Crippen LogP contribution in [0.5, 0.6) is 5.75 Å². The number of rotatable bonds is 6. The van der Waals surface area contributed by atoms with Gasteiger partial charge in [-0.1, -0.05) is 40.7 Å². The van der Waals surface area contributed by atoms with E-state index in [0.29, 0.717) is 6.61 Å². The van der Waals surface area contributed by atoms with Crippen LogP contribution in [0, 0.1) is 6.92 Å². The van der Waals surface area contributed by atoms with Crippen molar-refractivity contribution < 1.29 is 4.74 Å². The minimum Gasteiger partial charge on any atom is -0.490 e. The molecule has 0 bridgehead atoms. The van der Waals surface area contributed by atoms with Gasteiger partial charge in [-0.05, 0) is 48.4 Å². The summed E-state index contributed by atoms with van der Waals surface area (Å²) >= 11 is 3.51. The lowest BCUT2D eigenvalue weighted by Crippen LogP contribution is -2.00. The van der Waals surface area contributed by atoms with Crippen molar-refractivity contribution in [1.82, 2.24) is 0 Å². The minimum absolute atomic E-state index is 0.537. The van der Waals surface area contributed by atoms with E-state index in [1.807, 2.05) is 12.1 Å². The van der Waals surface area contributed by atoms with E-state index in [2.05, 4.69) is 65.1 Å². The third-order valence-electron chi connectivity index (χ3n) is 2.95. The molecule has 2 nitrogen and oxygen atoms in total. The van der Waals surface area contributed by atoms with Crippen molar-refractivity contribution in [2.24, 2.45) is 0 Å². The highest BCUT2D eigenvalue weighted by atomic mass is 79.9. The zero-order valence-electron chi connectivity index (χ0n) is 11.5. The molecule has 2 aromatic carbocycles. The van der Waals surface area contributed by atoms with Crippen LogP contribution in [0.2, 0.25) is 0 Å². The summed E-state index contributed by atoms with van der Waals surface area (Å²) in [5.74, 6) is 0.869. The lowest BCUT2D eigenvalue weighted by atomic mass is 10.2. The third-order valence-corrected chi connectivity index (χ3v) is 3.84. The van der Waals surface area contributed by atoms with Crippen molar-refractivity contribution in [1.29, 1.82) is 0 Å². The van der Waals surface area contributed by atoms with E-state index in [4.69, 9.17) is 4.74 Å². The Labute approximate surface area is 128 Å². The van der Waals surface area contributed by atoms with Gasteiger partial charge in [0.1, 0.15) is 12.4 Å². The predicted molar refractivity (Wildman–Crippen MR) is 88.3 cm³/mol. The summed E-state index contributed by atoms with van der Waals surface area (Å²) in [5.41, 5.74) is 3.57. The van der Waals surface area contributed by atoms with Crippen LogP contribution in [0.3, 0.4) is 0 Å². The van der Waals surface area contributed by atoms with Crippen LogP contribution in [0.25, 0.3) is 0 Å². The second kappa shape index (κ2) is 7.15. The van der Waals surface area contributed by atoms with E-state index < -0.39 is 0 Å². The Hall–Kier alpha value is -1.74. The van der Waals surface area contributed by atoms with Crippen LogP contribution in [-0.2, 0) is 6.54 Å². The molecule has 0 unspecified atom stereocenters. The smallest absolute Gasteiger partial charge is 0.119 e. The number of benzene rings is 2. The molecule has 1 N–H and O–H groups in total. The number of anilines is 1. The lowest BCUT2D eigenvalue weighted by Gasteiger charge is -2.09. The number of ether oxygens (including phenoxy) is 1. The summed E-state index contributed by atoms with van der Waals surface area (Å²) in [5, 5.41) is 3.41. The summed E-state index contributed by atoms with van der Waals surface area (Å²) in [6.07, 6.45) is 1.74. The van der Waals surface area contributed by atoms with E-state index in [1.165, 1.54) is 11.1 Å². The van der Waals surface area contributed by atoms with E-state index in [9.17, 15) is 0 Å². The highest BCUT2D eigenvalue weighted by Crippen LogP contribution is 2.20. The van der Waals surface area contributed by atoms with Gasteiger partial charge in [0.2, 0.25) is 0 Å². The van der Waals surface area contributed by atoms with Gasteiger partial charge in [0.15, 0.2) is 0 Å². The average molecular weight is 332 g/mol. The van der Waals surface area contributed by atoms with Crippen molar-refractivity contribution in [2.45, 2.75) is 13.5 Å². The average Bonchev–Trinajstić information content (AvgIpc) is 2.47. The molecule has 104 valence electrons. The van der Waals surface area contributed by atoms with Gasteiger partial charge < -0.3 is 10.1 Å². The quantitative estimate of drug-likeness (QED) is 0.757. The Kier molecular flexibility index (Phi) is 5.24. The standard InChI is InChI=1S/C17H18BrNO/c1-3-10-20-16-7-4-14(5-8-16)12-19-15-6-9-17(18)13(2)11-15/h3-9,11,19H,1,10,12H2,2H3. The SMILES string of the molecule is C=CCOc1ccc(CNc2ccc(Br)c(C)c2)cc1. The molecule has 0 fully saturated rings. The monoisotopic (exact) mass is 331 g/mol. The predicted octanol–water partition coefficient (Wildman–Crippen LogP) is 4.93. The molecule has 0 amide bonds. The molecule has 0 saturated carbocycles. The molecule has 0 heterocycles. The second-order valence-corrected chi connectivity index (χ2v) is 5.42. The second-order valence-electron chi connectivity index (χ2n) is 4.56. The van der Waals surface area contributed by atoms with Crippen LogP contribution >= 0.6 is 15.9 Å². The molecule has 0 aliphatic heterocycles. The molecule has 0 aliphatic rings. The zero-order chi connectivity index (χ0) is 14.4. The first-order valence-corrected chi connectivity index (χ1v) is 7.31. The zero-order valence-corrected chi connectivity index (χ0v) is 13.1. The fourth-order valence-electron chi connectivity index (χ4n) is 1.82. The maximum Gasteiger partial charge on any atom is 0.119 e. The lowest BCUT2D eigenvalue weighted by molar-refractivity contribution is 0.363. The number of hydrogen-bond donors (Lipinski definition) is 1. The van der Waals surface area contributed by atoms with Crippen LogP contribution in [-0.4, -0.2) is 6.61 Å².